The molecule has 2 aliphatic rings. The van der Waals surface area contributed by atoms with Gasteiger partial charge in [0.2, 0.25) is 5.91 Å². The van der Waals surface area contributed by atoms with E-state index in [1.54, 1.807) is 0 Å². The maximum atomic E-state index is 12.5. The molecule has 1 amide bonds. The Morgan fingerprint density at radius 2 is 2.25 bits per heavy atom. The predicted octanol–water partition coefficient (Wildman–Crippen LogP) is 3.25. The SMILES string of the molecule is CC[C@@H]1[C@@H](C(=O)N=[N+]=[N-])[C@H]2ON1CCc1c2n(C)c2ccccc12. The predicted molar refractivity (Wildman–Crippen MR) is 88.9 cm³/mol. The molecule has 0 saturated carbocycles. The summed E-state index contributed by atoms with van der Waals surface area (Å²) in [5, 5.41) is 6.49. The highest BCUT2D eigenvalue weighted by Gasteiger charge is 2.50. The highest BCUT2D eigenvalue weighted by Crippen LogP contribution is 2.46. The number of aromatic nitrogens is 1. The molecule has 0 aliphatic carbocycles. The normalized spacial score (nSPS) is 28.2. The Morgan fingerprint density at radius 1 is 1.46 bits per heavy atom. The standard InChI is InChI=1S/C17H19N5O2/c1-3-12-14(17(23)19-20-18)16-15-11(8-9-22(12)24-16)10-6-4-5-7-13(10)21(15)2/h4-7,12,14,16H,3,8-9H2,1-2H3/t12-,14-,16-/m1/s1. The van der Waals surface area contributed by atoms with Gasteiger partial charge in [-0.25, -0.2) is 0 Å². The lowest BCUT2D eigenvalue weighted by Crippen LogP contribution is -2.36. The number of para-hydroxylation sites is 1. The number of fused-ring (bicyclic) bond motifs is 6. The first kappa shape index (κ1) is 15.2. The van der Waals surface area contributed by atoms with E-state index in [1.165, 1.54) is 10.9 Å². The zero-order valence-electron chi connectivity index (χ0n) is 13.7. The van der Waals surface area contributed by atoms with Crippen LogP contribution in [0.15, 0.2) is 29.4 Å². The van der Waals surface area contributed by atoms with E-state index < -0.39 is 17.9 Å². The Morgan fingerprint density at radius 3 is 3.00 bits per heavy atom. The summed E-state index contributed by atoms with van der Waals surface area (Å²) in [6.45, 7) is 2.76. The average molecular weight is 325 g/mol. The third-order valence-corrected chi connectivity index (χ3v) is 5.32. The van der Waals surface area contributed by atoms with E-state index in [9.17, 15) is 4.79 Å². The minimum atomic E-state index is -0.465. The number of amides is 1. The molecule has 1 saturated heterocycles. The lowest BCUT2D eigenvalue weighted by Gasteiger charge is -2.24. The van der Waals surface area contributed by atoms with E-state index in [-0.39, 0.29) is 6.04 Å². The van der Waals surface area contributed by atoms with Crippen LogP contribution in [0.3, 0.4) is 0 Å². The van der Waals surface area contributed by atoms with Gasteiger partial charge in [-0.3, -0.25) is 9.63 Å². The van der Waals surface area contributed by atoms with Crippen molar-refractivity contribution < 1.29 is 9.63 Å². The van der Waals surface area contributed by atoms with Crippen LogP contribution in [0.4, 0.5) is 0 Å². The summed E-state index contributed by atoms with van der Waals surface area (Å²) in [6.07, 6.45) is 1.25. The second kappa shape index (κ2) is 5.63. The van der Waals surface area contributed by atoms with Gasteiger partial charge in [0.25, 0.3) is 0 Å². The van der Waals surface area contributed by atoms with Gasteiger partial charge in [-0.1, -0.05) is 25.1 Å². The molecular formula is C17H19N5O2. The van der Waals surface area contributed by atoms with Gasteiger partial charge >= 0.3 is 0 Å². The minimum Gasteiger partial charge on any atom is -0.345 e. The van der Waals surface area contributed by atoms with Crippen molar-refractivity contribution in [3.05, 3.63) is 46.0 Å². The topological polar surface area (TPSA) is 83.2 Å². The molecule has 3 heterocycles. The molecule has 4 rings (SSSR count). The summed E-state index contributed by atoms with van der Waals surface area (Å²) in [5.41, 5.74) is 12.1. The van der Waals surface area contributed by atoms with Gasteiger partial charge in [-0.05, 0) is 35.1 Å². The number of hydroxylamine groups is 2. The van der Waals surface area contributed by atoms with E-state index in [4.69, 9.17) is 10.4 Å². The van der Waals surface area contributed by atoms with Gasteiger partial charge in [0.1, 0.15) is 6.10 Å². The molecule has 2 bridgehead atoms. The van der Waals surface area contributed by atoms with Crippen molar-refractivity contribution in [3.63, 3.8) is 0 Å². The number of hydrogen-bond acceptors (Lipinski definition) is 3. The van der Waals surface area contributed by atoms with Crippen LogP contribution in [0.2, 0.25) is 0 Å². The van der Waals surface area contributed by atoms with Gasteiger partial charge in [0.05, 0.1) is 11.6 Å². The molecule has 24 heavy (non-hydrogen) atoms. The summed E-state index contributed by atoms with van der Waals surface area (Å²) < 4.78 is 2.12. The third-order valence-electron chi connectivity index (χ3n) is 5.32. The van der Waals surface area contributed by atoms with Crippen LogP contribution in [0.25, 0.3) is 21.3 Å². The molecule has 124 valence electrons. The second-order valence-electron chi connectivity index (χ2n) is 6.39. The Balaban J connectivity index is 1.92. The van der Waals surface area contributed by atoms with Crippen molar-refractivity contribution in [1.82, 2.24) is 9.63 Å². The first-order chi connectivity index (χ1) is 11.7. The number of carbonyl (C=O) groups excluding carboxylic acids is 1. The van der Waals surface area contributed by atoms with Crippen molar-refractivity contribution in [2.24, 2.45) is 18.1 Å². The minimum absolute atomic E-state index is 0.0563. The van der Waals surface area contributed by atoms with Gasteiger partial charge in [-0.2, -0.15) is 5.06 Å². The number of nitrogens with zero attached hydrogens (tertiary/aromatic N) is 5. The third kappa shape index (κ3) is 1.99. The maximum Gasteiger partial charge on any atom is 0.226 e. The molecule has 0 N–H and O–H groups in total. The molecule has 7 heteroatoms. The molecule has 1 unspecified atom stereocenters. The maximum absolute atomic E-state index is 12.5. The largest absolute Gasteiger partial charge is 0.345 e. The number of aryl methyl sites for hydroxylation is 1. The quantitative estimate of drug-likeness (QED) is 0.482. The van der Waals surface area contributed by atoms with Crippen LogP contribution in [-0.4, -0.2) is 28.1 Å². The average Bonchev–Trinajstić information content (AvgIpc) is 2.99. The molecule has 1 aromatic carbocycles. The molecule has 0 spiro atoms. The Kier molecular flexibility index (Phi) is 3.57. The zero-order chi connectivity index (χ0) is 16.8. The molecule has 4 atom stereocenters. The molecule has 1 fully saturated rings. The van der Waals surface area contributed by atoms with Crippen molar-refractivity contribution in [3.8, 4) is 0 Å². The zero-order valence-corrected chi connectivity index (χ0v) is 13.7. The fourth-order valence-corrected chi connectivity index (χ4v) is 4.31. The molecule has 1 aromatic heterocycles. The Hall–Kier alpha value is -2.34. The van der Waals surface area contributed by atoms with Crippen LogP contribution in [0.5, 0.6) is 0 Å². The van der Waals surface area contributed by atoms with Gasteiger partial charge in [0, 0.05) is 35.4 Å². The fourth-order valence-electron chi connectivity index (χ4n) is 4.31. The lowest BCUT2D eigenvalue weighted by atomic mass is 9.87. The van der Waals surface area contributed by atoms with E-state index in [2.05, 4.69) is 26.7 Å². The summed E-state index contributed by atoms with van der Waals surface area (Å²) >= 11 is 0. The Bertz CT molecular complexity index is 867. The van der Waals surface area contributed by atoms with E-state index >= 15 is 0 Å². The highest BCUT2D eigenvalue weighted by molar-refractivity contribution is 5.87. The molecule has 7 nitrogen and oxygen atoms in total. The molecular weight excluding hydrogens is 306 g/mol. The lowest BCUT2D eigenvalue weighted by molar-refractivity contribution is -0.162. The summed E-state index contributed by atoms with van der Waals surface area (Å²) in [4.78, 5) is 21.3. The number of hydrogen-bond donors (Lipinski definition) is 0. The van der Waals surface area contributed by atoms with Crippen LogP contribution < -0.4 is 0 Å². The van der Waals surface area contributed by atoms with Crippen LogP contribution in [0, 0.1) is 5.92 Å². The summed E-state index contributed by atoms with van der Waals surface area (Å²) in [7, 11) is 2.01. The van der Waals surface area contributed by atoms with Crippen molar-refractivity contribution >= 4 is 16.8 Å². The molecule has 0 radical (unpaired) electrons. The van der Waals surface area contributed by atoms with E-state index in [1.807, 2.05) is 31.2 Å². The number of benzene rings is 1. The van der Waals surface area contributed by atoms with E-state index in [0.29, 0.717) is 0 Å². The van der Waals surface area contributed by atoms with Crippen LogP contribution in [0.1, 0.15) is 30.7 Å². The summed E-state index contributed by atoms with van der Waals surface area (Å²) in [6, 6.07) is 8.19. The first-order valence-electron chi connectivity index (χ1n) is 8.26. The number of carbonyl (C=O) groups is 1. The molecule has 2 aliphatic heterocycles. The Labute approximate surface area is 139 Å². The van der Waals surface area contributed by atoms with Crippen molar-refractivity contribution in [1.29, 1.82) is 0 Å². The van der Waals surface area contributed by atoms with Crippen LogP contribution in [-0.2, 0) is 23.1 Å². The van der Waals surface area contributed by atoms with Crippen LogP contribution >= 0.6 is 0 Å². The molecule has 2 aromatic rings. The number of rotatable bonds is 2. The smallest absolute Gasteiger partial charge is 0.226 e. The van der Waals surface area contributed by atoms with E-state index in [0.717, 1.165) is 30.6 Å². The summed E-state index contributed by atoms with van der Waals surface area (Å²) in [5.74, 6) is -0.900. The van der Waals surface area contributed by atoms with Crippen molar-refractivity contribution in [2.45, 2.75) is 31.9 Å². The van der Waals surface area contributed by atoms with Crippen molar-refractivity contribution in [2.75, 3.05) is 6.54 Å². The number of azide groups is 1. The van der Waals surface area contributed by atoms with Gasteiger partial charge < -0.3 is 4.57 Å². The fraction of sp³-hybridized carbons (Fsp3) is 0.471. The first-order valence-corrected chi connectivity index (χ1v) is 8.26. The van der Waals surface area contributed by atoms with Gasteiger partial charge in [-0.15, -0.1) is 0 Å². The highest BCUT2D eigenvalue weighted by atomic mass is 16.7. The van der Waals surface area contributed by atoms with Gasteiger partial charge in [0.15, 0.2) is 0 Å². The second-order valence-corrected chi connectivity index (χ2v) is 6.39. The monoisotopic (exact) mass is 325 g/mol.